The summed E-state index contributed by atoms with van der Waals surface area (Å²) < 4.78 is 15.8. The molecule has 0 N–H and O–H groups in total. The summed E-state index contributed by atoms with van der Waals surface area (Å²) in [5.74, 6) is -0.0689. The third-order valence-corrected chi connectivity index (χ3v) is 3.07. The summed E-state index contributed by atoms with van der Waals surface area (Å²) in [4.78, 5) is 0. The fourth-order valence-corrected chi connectivity index (χ4v) is 2.05. The van der Waals surface area contributed by atoms with E-state index in [0.717, 1.165) is 5.69 Å². The molecule has 1 aromatic heterocycles. The maximum atomic E-state index is 14.0. The minimum absolute atomic E-state index is 0.0695. The topological polar surface area (TPSA) is 30.7 Å². The standard InChI is InChI=1S/C14H9ClFN3/c15-12-8-4-7-11(13(12)16)14-18-17-9-19(14)10-5-2-1-3-6-10/h1-9H. The maximum absolute atomic E-state index is 14.0. The summed E-state index contributed by atoms with van der Waals surface area (Å²) >= 11 is 5.80. The molecule has 0 spiro atoms. The van der Waals surface area contributed by atoms with Gasteiger partial charge >= 0.3 is 0 Å². The monoisotopic (exact) mass is 273 g/mol. The Bertz CT molecular complexity index is 710. The molecule has 0 aliphatic heterocycles. The predicted octanol–water partition coefficient (Wildman–Crippen LogP) is 3.73. The molecular weight excluding hydrogens is 265 g/mol. The lowest BCUT2D eigenvalue weighted by molar-refractivity contribution is 0.630. The quantitative estimate of drug-likeness (QED) is 0.712. The SMILES string of the molecule is Fc1c(Cl)cccc1-c1nncn1-c1ccccc1. The molecule has 3 rings (SSSR count). The van der Waals surface area contributed by atoms with Crippen LogP contribution < -0.4 is 0 Å². The Balaban J connectivity index is 2.18. The van der Waals surface area contributed by atoms with Crippen molar-refractivity contribution in [1.29, 1.82) is 0 Å². The lowest BCUT2D eigenvalue weighted by atomic mass is 10.2. The van der Waals surface area contributed by atoms with E-state index in [9.17, 15) is 4.39 Å². The van der Waals surface area contributed by atoms with E-state index in [1.54, 1.807) is 23.0 Å². The molecule has 0 atom stereocenters. The van der Waals surface area contributed by atoms with Crippen LogP contribution in [0.25, 0.3) is 17.1 Å². The molecule has 5 heteroatoms. The van der Waals surface area contributed by atoms with Gasteiger partial charge in [0.05, 0.1) is 10.6 Å². The highest BCUT2D eigenvalue weighted by Crippen LogP contribution is 2.27. The Morgan fingerprint density at radius 2 is 1.79 bits per heavy atom. The Kier molecular flexibility index (Phi) is 3.01. The van der Waals surface area contributed by atoms with Crippen molar-refractivity contribution in [2.75, 3.05) is 0 Å². The van der Waals surface area contributed by atoms with Crippen LogP contribution in [0.3, 0.4) is 0 Å². The van der Waals surface area contributed by atoms with Crippen molar-refractivity contribution in [3.05, 3.63) is 65.7 Å². The summed E-state index contributed by atoms with van der Waals surface area (Å²) in [5, 5.41) is 7.90. The van der Waals surface area contributed by atoms with Crippen molar-refractivity contribution >= 4 is 11.6 Å². The summed E-state index contributed by atoms with van der Waals surface area (Å²) in [7, 11) is 0. The van der Waals surface area contributed by atoms with E-state index in [1.807, 2.05) is 30.3 Å². The van der Waals surface area contributed by atoms with Gasteiger partial charge in [0.25, 0.3) is 0 Å². The molecule has 0 aliphatic rings. The second-order valence-electron chi connectivity index (χ2n) is 3.96. The van der Waals surface area contributed by atoms with E-state index in [2.05, 4.69) is 10.2 Å². The van der Waals surface area contributed by atoms with Gasteiger partial charge in [-0.25, -0.2) is 4.39 Å². The molecule has 0 saturated heterocycles. The fraction of sp³-hybridized carbons (Fsp3) is 0. The van der Waals surface area contributed by atoms with E-state index in [4.69, 9.17) is 11.6 Å². The van der Waals surface area contributed by atoms with Crippen LogP contribution in [-0.4, -0.2) is 14.8 Å². The minimum atomic E-state index is -0.491. The van der Waals surface area contributed by atoms with Gasteiger partial charge in [-0.15, -0.1) is 10.2 Å². The first-order valence-corrected chi connectivity index (χ1v) is 6.05. The predicted molar refractivity (Wildman–Crippen MR) is 71.8 cm³/mol. The number of benzene rings is 2. The van der Waals surface area contributed by atoms with Crippen LogP contribution in [-0.2, 0) is 0 Å². The third kappa shape index (κ3) is 2.11. The fourth-order valence-electron chi connectivity index (χ4n) is 1.87. The first kappa shape index (κ1) is 11.9. The molecular formula is C14H9ClFN3. The van der Waals surface area contributed by atoms with Gasteiger partial charge < -0.3 is 0 Å². The highest BCUT2D eigenvalue weighted by Gasteiger charge is 2.15. The zero-order valence-electron chi connectivity index (χ0n) is 9.79. The molecule has 0 amide bonds. The molecule has 0 aliphatic carbocycles. The summed E-state index contributed by atoms with van der Waals surface area (Å²) in [6.45, 7) is 0. The van der Waals surface area contributed by atoms with Crippen LogP contribution in [0.15, 0.2) is 54.9 Å². The number of hydrogen-bond donors (Lipinski definition) is 0. The number of para-hydroxylation sites is 1. The van der Waals surface area contributed by atoms with E-state index in [1.165, 1.54) is 6.07 Å². The highest BCUT2D eigenvalue weighted by molar-refractivity contribution is 6.31. The molecule has 0 fully saturated rings. The first-order chi connectivity index (χ1) is 9.27. The van der Waals surface area contributed by atoms with Crippen molar-refractivity contribution in [1.82, 2.24) is 14.8 Å². The van der Waals surface area contributed by atoms with Crippen LogP contribution >= 0.6 is 11.6 Å². The van der Waals surface area contributed by atoms with E-state index in [-0.39, 0.29) is 5.02 Å². The molecule has 0 unspecified atom stereocenters. The Labute approximate surface area is 114 Å². The number of aromatic nitrogens is 3. The summed E-state index contributed by atoms with van der Waals surface area (Å²) in [5.41, 5.74) is 1.19. The van der Waals surface area contributed by atoms with Crippen LogP contribution in [0.1, 0.15) is 0 Å². The van der Waals surface area contributed by atoms with Gasteiger partial charge in [-0.2, -0.15) is 0 Å². The highest BCUT2D eigenvalue weighted by atomic mass is 35.5. The zero-order valence-corrected chi connectivity index (χ0v) is 10.5. The van der Waals surface area contributed by atoms with Gasteiger partial charge in [-0.3, -0.25) is 4.57 Å². The van der Waals surface area contributed by atoms with Crippen LogP contribution in [0.5, 0.6) is 0 Å². The smallest absolute Gasteiger partial charge is 0.171 e. The van der Waals surface area contributed by atoms with E-state index < -0.39 is 5.82 Å². The van der Waals surface area contributed by atoms with Crippen molar-refractivity contribution in [2.45, 2.75) is 0 Å². The lowest BCUT2D eigenvalue weighted by Gasteiger charge is -2.07. The second-order valence-corrected chi connectivity index (χ2v) is 4.37. The number of nitrogens with zero attached hydrogens (tertiary/aromatic N) is 3. The average Bonchev–Trinajstić information content (AvgIpc) is 2.92. The number of halogens is 2. The molecule has 0 saturated carbocycles. The van der Waals surface area contributed by atoms with Crippen LogP contribution in [0, 0.1) is 5.82 Å². The molecule has 94 valence electrons. The Morgan fingerprint density at radius 3 is 2.58 bits per heavy atom. The zero-order chi connectivity index (χ0) is 13.2. The maximum Gasteiger partial charge on any atom is 0.171 e. The molecule has 0 radical (unpaired) electrons. The minimum Gasteiger partial charge on any atom is -0.282 e. The van der Waals surface area contributed by atoms with Gasteiger partial charge in [0.1, 0.15) is 6.33 Å². The first-order valence-electron chi connectivity index (χ1n) is 5.67. The second kappa shape index (κ2) is 4.82. The van der Waals surface area contributed by atoms with Crippen molar-refractivity contribution in [2.24, 2.45) is 0 Å². The number of hydrogen-bond acceptors (Lipinski definition) is 2. The van der Waals surface area contributed by atoms with Gasteiger partial charge in [-0.1, -0.05) is 35.9 Å². The van der Waals surface area contributed by atoms with Gasteiger partial charge in [-0.05, 0) is 24.3 Å². The number of rotatable bonds is 2. The molecule has 3 aromatic rings. The Morgan fingerprint density at radius 1 is 1.00 bits per heavy atom. The van der Waals surface area contributed by atoms with Gasteiger partial charge in [0, 0.05) is 5.69 Å². The summed E-state index contributed by atoms with van der Waals surface area (Å²) in [6.07, 6.45) is 1.55. The largest absolute Gasteiger partial charge is 0.282 e. The normalized spacial score (nSPS) is 10.6. The van der Waals surface area contributed by atoms with E-state index >= 15 is 0 Å². The molecule has 2 aromatic carbocycles. The molecule has 1 heterocycles. The van der Waals surface area contributed by atoms with Crippen molar-refractivity contribution < 1.29 is 4.39 Å². The van der Waals surface area contributed by atoms with Crippen molar-refractivity contribution in [3.63, 3.8) is 0 Å². The molecule has 19 heavy (non-hydrogen) atoms. The summed E-state index contributed by atoms with van der Waals surface area (Å²) in [6, 6.07) is 14.3. The van der Waals surface area contributed by atoms with Crippen LogP contribution in [0.4, 0.5) is 4.39 Å². The molecule has 0 bridgehead atoms. The van der Waals surface area contributed by atoms with Crippen LogP contribution in [0.2, 0.25) is 5.02 Å². The molecule has 3 nitrogen and oxygen atoms in total. The lowest BCUT2D eigenvalue weighted by Crippen LogP contribution is -1.97. The average molecular weight is 274 g/mol. The van der Waals surface area contributed by atoms with Gasteiger partial charge in [0.2, 0.25) is 0 Å². The third-order valence-electron chi connectivity index (χ3n) is 2.77. The van der Waals surface area contributed by atoms with E-state index in [0.29, 0.717) is 11.4 Å². The van der Waals surface area contributed by atoms with Gasteiger partial charge in [0.15, 0.2) is 11.6 Å². The van der Waals surface area contributed by atoms with Crippen molar-refractivity contribution in [3.8, 4) is 17.1 Å². The Hall–Kier alpha value is -2.20.